The summed E-state index contributed by atoms with van der Waals surface area (Å²) in [4.78, 5) is 28.0. The van der Waals surface area contributed by atoms with Crippen molar-refractivity contribution in [2.24, 2.45) is 7.05 Å². The second-order valence-corrected chi connectivity index (χ2v) is 7.82. The van der Waals surface area contributed by atoms with Crippen LogP contribution in [0.4, 0.5) is 23.2 Å². The van der Waals surface area contributed by atoms with Crippen LogP contribution in [0.15, 0.2) is 30.5 Å². The number of hydrogen-bond acceptors (Lipinski definition) is 4. The van der Waals surface area contributed by atoms with Gasteiger partial charge in [-0.2, -0.15) is 18.3 Å². The van der Waals surface area contributed by atoms with E-state index in [-0.39, 0.29) is 32.1 Å². The molecule has 4 rings (SSSR count). The highest BCUT2D eigenvalue weighted by Gasteiger charge is 2.46. The number of piperidine rings is 1. The number of likely N-dealkylation sites (tertiary alicyclic amines) is 1. The van der Waals surface area contributed by atoms with E-state index in [4.69, 9.17) is 4.74 Å². The molecule has 1 aromatic carbocycles. The van der Waals surface area contributed by atoms with E-state index in [0.717, 1.165) is 10.9 Å². The van der Waals surface area contributed by atoms with Crippen LogP contribution >= 0.6 is 0 Å². The van der Waals surface area contributed by atoms with Gasteiger partial charge in [0.25, 0.3) is 11.8 Å². The van der Waals surface area contributed by atoms with E-state index >= 15 is 0 Å². The normalized spacial score (nSPS) is 22.3. The quantitative estimate of drug-likeness (QED) is 0.674. The molecule has 0 bridgehead atoms. The summed E-state index contributed by atoms with van der Waals surface area (Å²) in [5.74, 6) is -1.65. The average molecular weight is 440 g/mol. The van der Waals surface area contributed by atoms with E-state index in [9.17, 15) is 27.2 Å². The smallest absolute Gasteiger partial charge is 0.361 e. The molecule has 7 nitrogen and oxygen atoms in total. The monoisotopic (exact) mass is 440 g/mol. The van der Waals surface area contributed by atoms with E-state index in [1.165, 1.54) is 35.0 Å². The number of aryl methyl sites for hydroxylation is 1. The number of rotatable bonds is 2. The van der Waals surface area contributed by atoms with Gasteiger partial charge in [-0.25, -0.2) is 4.39 Å². The highest BCUT2D eigenvalue weighted by atomic mass is 19.4. The second-order valence-electron chi connectivity index (χ2n) is 7.82. The lowest BCUT2D eigenvalue weighted by atomic mass is 9.90. The lowest BCUT2D eigenvalue weighted by Gasteiger charge is -2.47. The van der Waals surface area contributed by atoms with Crippen LogP contribution in [0.3, 0.4) is 0 Å². The average Bonchev–Trinajstić information content (AvgIpc) is 3.12. The van der Waals surface area contributed by atoms with Crippen molar-refractivity contribution in [2.75, 3.05) is 31.1 Å². The molecule has 1 aromatic heterocycles. The van der Waals surface area contributed by atoms with Gasteiger partial charge in [-0.3, -0.25) is 14.3 Å². The van der Waals surface area contributed by atoms with Crippen molar-refractivity contribution >= 4 is 17.5 Å². The Bertz CT molecular complexity index is 1020. The van der Waals surface area contributed by atoms with Gasteiger partial charge in [-0.05, 0) is 31.0 Å². The Balaban J connectivity index is 1.58. The summed E-state index contributed by atoms with van der Waals surface area (Å²) in [5, 5.41) is 3.40. The first-order valence-electron chi connectivity index (χ1n) is 9.68. The number of alkyl halides is 3. The van der Waals surface area contributed by atoms with Crippen molar-refractivity contribution in [1.82, 2.24) is 14.7 Å². The molecule has 2 amide bonds. The third-order valence-electron chi connectivity index (χ3n) is 5.52. The van der Waals surface area contributed by atoms with Gasteiger partial charge in [0.15, 0.2) is 5.69 Å². The summed E-state index contributed by atoms with van der Waals surface area (Å²) in [6, 6.07) is 5.57. The van der Waals surface area contributed by atoms with Gasteiger partial charge < -0.3 is 14.5 Å². The van der Waals surface area contributed by atoms with Gasteiger partial charge in [-0.15, -0.1) is 0 Å². The number of halogens is 4. The predicted octanol–water partition coefficient (Wildman–Crippen LogP) is 2.62. The Labute approximate surface area is 175 Å². The summed E-state index contributed by atoms with van der Waals surface area (Å²) in [6.45, 7) is 0.0681. The first-order chi connectivity index (χ1) is 14.6. The molecule has 0 radical (unpaired) electrons. The maximum absolute atomic E-state index is 13.7. The molecular formula is C20H20F4N4O3. The number of amides is 2. The molecule has 1 spiro atoms. The van der Waals surface area contributed by atoms with Crippen LogP contribution in [-0.2, 0) is 22.8 Å². The van der Waals surface area contributed by atoms with Gasteiger partial charge in [-0.1, -0.05) is 6.07 Å². The second kappa shape index (κ2) is 7.63. The number of anilines is 1. The van der Waals surface area contributed by atoms with Gasteiger partial charge >= 0.3 is 6.18 Å². The molecule has 3 heterocycles. The fourth-order valence-electron chi connectivity index (χ4n) is 4.14. The SMILES string of the molecule is Cn1cc(C(=O)N2CCCC3(C2)CN(c2cccc(F)c2)C(=O)CO3)c(C(F)(F)F)n1. The number of carbonyl (C=O) groups excluding carboxylic acids is 2. The summed E-state index contributed by atoms with van der Waals surface area (Å²) < 4.78 is 60.3. The third kappa shape index (κ3) is 4.14. The van der Waals surface area contributed by atoms with E-state index in [2.05, 4.69) is 5.10 Å². The first kappa shape index (κ1) is 21.3. The van der Waals surface area contributed by atoms with E-state index in [0.29, 0.717) is 18.5 Å². The van der Waals surface area contributed by atoms with Crippen molar-refractivity contribution < 1.29 is 31.9 Å². The van der Waals surface area contributed by atoms with Crippen LogP contribution in [0, 0.1) is 5.82 Å². The Kier molecular flexibility index (Phi) is 5.24. The number of nitrogens with zero attached hydrogens (tertiary/aromatic N) is 4. The third-order valence-corrected chi connectivity index (χ3v) is 5.52. The zero-order chi connectivity index (χ0) is 22.4. The van der Waals surface area contributed by atoms with Gasteiger partial charge in [0.05, 0.1) is 18.7 Å². The number of hydrogen-bond donors (Lipinski definition) is 0. The van der Waals surface area contributed by atoms with Crippen molar-refractivity contribution in [3.8, 4) is 0 Å². The molecule has 2 aliphatic heterocycles. The van der Waals surface area contributed by atoms with Crippen molar-refractivity contribution in [3.63, 3.8) is 0 Å². The van der Waals surface area contributed by atoms with Crippen LogP contribution in [0.25, 0.3) is 0 Å². The molecular weight excluding hydrogens is 420 g/mol. The summed E-state index contributed by atoms with van der Waals surface area (Å²) in [5.41, 5.74) is -2.35. The van der Waals surface area contributed by atoms with Crippen LogP contribution in [0.5, 0.6) is 0 Å². The fraction of sp³-hybridized carbons (Fsp3) is 0.450. The van der Waals surface area contributed by atoms with E-state index in [1.54, 1.807) is 6.07 Å². The minimum Gasteiger partial charge on any atom is -0.361 e. The Hall–Kier alpha value is -2.95. The first-order valence-corrected chi connectivity index (χ1v) is 9.68. The minimum absolute atomic E-state index is 0.0110. The number of ether oxygens (including phenoxy) is 1. The molecule has 166 valence electrons. The summed E-state index contributed by atoms with van der Waals surface area (Å²) in [6.07, 6.45) is -2.72. The Morgan fingerprint density at radius 2 is 2.03 bits per heavy atom. The molecule has 0 saturated carbocycles. The maximum atomic E-state index is 13.7. The molecule has 0 N–H and O–H groups in total. The zero-order valence-corrected chi connectivity index (χ0v) is 16.7. The number of aromatic nitrogens is 2. The van der Waals surface area contributed by atoms with Crippen LogP contribution in [0.1, 0.15) is 28.9 Å². The molecule has 1 unspecified atom stereocenters. The molecule has 31 heavy (non-hydrogen) atoms. The predicted molar refractivity (Wildman–Crippen MR) is 101 cm³/mol. The van der Waals surface area contributed by atoms with Gasteiger partial charge in [0.1, 0.15) is 18.0 Å². The Morgan fingerprint density at radius 3 is 2.74 bits per heavy atom. The standard InChI is InChI=1S/C20H20F4N4O3/c1-26-9-15(17(25-26)20(22,23)24)18(30)27-7-3-6-19(11-27)12-28(16(29)10-31-19)14-5-2-4-13(21)8-14/h2,4-5,8-9H,3,6-7,10-12H2,1H3. The van der Waals surface area contributed by atoms with Crippen LogP contribution in [0.2, 0.25) is 0 Å². The van der Waals surface area contributed by atoms with Crippen LogP contribution < -0.4 is 4.90 Å². The van der Waals surface area contributed by atoms with Gasteiger partial charge in [0, 0.05) is 25.5 Å². The molecule has 2 aromatic rings. The minimum atomic E-state index is -4.76. The van der Waals surface area contributed by atoms with Gasteiger partial charge in [0.2, 0.25) is 0 Å². The van der Waals surface area contributed by atoms with E-state index < -0.39 is 34.8 Å². The lowest BCUT2D eigenvalue weighted by Crippen LogP contribution is -2.62. The molecule has 11 heteroatoms. The molecule has 0 aliphatic carbocycles. The molecule has 2 saturated heterocycles. The molecule has 2 fully saturated rings. The maximum Gasteiger partial charge on any atom is 0.435 e. The molecule has 1 atom stereocenters. The van der Waals surface area contributed by atoms with Crippen LogP contribution in [-0.4, -0.2) is 58.3 Å². The highest BCUT2D eigenvalue weighted by molar-refractivity contribution is 5.96. The largest absolute Gasteiger partial charge is 0.435 e. The molecule has 2 aliphatic rings. The number of morpholine rings is 1. The summed E-state index contributed by atoms with van der Waals surface area (Å²) in [7, 11) is 1.32. The van der Waals surface area contributed by atoms with Crippen molar-refractivity contribution in [3.05, 3.63) is 47.5 Å². The number of carbonyl (C=O) groups is 2. The zero-order valence-electron chi connectivity index (χ0n) is 16.7. The highest BCUT2D eigenvalue weighted by Crippen LogP contribution is 2.35. The van der Waals surface area contributed by atoms with Crippen molar-refractivity contribution in [2.45, 2.75) is 24.6 Å². The fourth-order valence-corrected chi connectivity index (χ4v) is 4.14. The number of benzene rings is 1. The summed E-state index contributed by atoms with van der Waals surface area (Å²) >= 11 is 0. The van der Waals surface area contributed by atoms with E-state index in [1.807, 2.05) is 0 Å². The van der Waals surface area contributed by atoms with Crippen molar-refractivity contribution in [1.29, 1.82) is 0 Å². The lowest BCUT2D eigenvalue weighted by molar-refractivity contribution is -0.145. The Morgan fingerprint density at radius 1 is 1.26 bits per heavy atom. The topological polar surface area (TPSA) is 67.7 Å².